The third kappa shape index (κ3) is 16.9. The Balaban J connectivity index is 0.000000124. The van der Waals surface area contributed by atoms with E-state index in [2.05, 4.69) is 107 Å². The molecule has 0 spiro atoms. The number of likely N-dealkylation sites (tertiary alicyclic amines) is 1. The standard InChI is InChI=1S/C22H22N8O2.C22H23N7O3.C20H19N9O2.C20H20N8O/c1-23-22(32)18-15(9-17(26-27-18)25-21(31)12-7-8-12)16-10-29(2)19-13(16)5-4-6-14(19)20-24-11-30(3)28-20;1-23-21(31)19-17(11-18(26-27-19)25-20(30)13-4-5-13)29-12-24-15-10-14(6-7-16(15)29)22(32)28-8-2-3-9-28;1-21-20(31)17-14(8-15(25-26-17)24-19(30)11-6-7-11)29-10-22-16-12(4-3-5-13(16)29)18-23-9-28(2)27-18;1-3-14-16(9-17(25-24-14)23-20(29)12-7-8-12)28-11-21-18-13(5-4-6-15(18)28)19-22-10-27(2)26-19/h4-6,9-12H,7-8H2,1-3H3,(H,23,32)(H,25,26,31);6-7,10-13H,2-5,8-9H2,1H3,(H,23,31)(H,25,26,30);3-5,8-11H,6-7H2,1-2H3,(H,21,31)(H,24,25,30);4-6,9-12H,3,7-8H2,1-2H3,(H,23,25,29)/i3*1D3;. The highest BCUT2D eigenvalue weighted by molar-refractivity contribution is 6.09. The van der Waals surface area contributed by atoms with E-state index in [-0.39, 0.29) is 99.1 Å². The van der Waals surface area contributed by atoms with Crippen LogP contribution in [-0.4, -0.2) is 204 Å². The van der Waals surface area contributed by atoms with E-state index in [4.69, 9.17) is 12.3 Å². The van der Waals surface area contributed by atoms with Crippen LogP contribution in [0.4, 0.5) is 23.3 Å². The second-order valence-electron chi connectivity index (χ2n) is 30.2. The van der Waals surface area contributed by atoms with Gasteiger partial charge in [-0.3, -0.25) is 66.1 Å². The number of hydrogen-bond acceptors (Lipinski definition) is 25. The number of hydrogen-bond donors (Lipinski definition) is 7. The minimum atomic E-state index is -2.73. The van der Waals surface area contributed by atoms with Crippen molar-refractivity contribution in [1.29, 1.82) is 0 Å². The summed E-state index contributed by atoms with van der Waals surface area (Å²) >= 11 is 0. The highest BCUT2D eigenvalue weighted by Gasteiger charge is 2.35. The zero-order chi connectivity index (χ0) is 93.6. The van der Waals surface area contributed by atoms with Crippen LogP contribution in [-0.2, 0) is 53.8 Å². The lowest BCUT2D eigenvalue weighted by atomic mass is 10.0. The maximum atomic E-state index is 12.8. The molecule has 20 rings (SSSR count). The number of imidazole rings is 3. The van der Waals surface area contributed by atoms with Crippen LogP contribution in [0.5, 0.6) is 0 Å². The summed E-state index contributed by atoms with van der Waals surface area (Å²) in [5.74, 6) is -0.896. The molecule has 8 amide bonds. The van der Waals surface area contributed by atoms with E-state index in [0.717, 1.165) is 122 Å². The largest absolute Gasteiger partial charge is 0.354 e. The first-order chi connectivity index (χ1) is 63.6. The minimum absolute atomic E-state index is 0.00787. The lowest BCUT2D eigenvalue weighted by Crippen LogP contribution is -2.27. The van der Waals surface area contributed by atoms with Crippen LogP contribution in [0.25, 0.3) is 106 Å². The molecule has 0 atom stereocenters. The van der Waals surface area contributed by atoms with Gasteiger partial charge in [-0.2, -0.15) is 20.4 Å². The molecule has 628 valence electrons. The molecule has 1 aliphatic heterocycles. The molecule has 40 nitrogen and oxygen atoms in total. The monoisotopic (exact) mass is 1680 g/mol. The van der Waals surface area contributed by atoms with E-state index in [1.54, 1.807) is 104 Å². The summed E-state index contributed by atoms with van der Waals surface area (Å²) in [5.41, 5.74) is 9.99. The molecule has 1 saturated heterocycles. The van der Waals surface area contributed by atoms with E-state index in [1.807, 2.05) is 101 Å². The molecule has 0 unspecified atom stereocenters. The van der Waals surface area contributed by atoms with Gasteiger partial charge in [-0.15, -0.1) is 35.7 Å². The van der Waals surface area contributed by atoms with Crippen molar-refractivity contribution in [2.75, 3.05) is 55.3 Å². The van der Waals surface area contributed by atoms with Gasteiger partial charge in [-0.05, 0) is 125 Å². The van der Waals surface area contributed by atoms with Gasteiger partial charge >= 0.3 is 0 Å². The lowest BCUT2D eigenvalue weighted by molar-refractivity contribution is -0.118. The van der Waals surface area contributed by atoms with Gasteiger partial charge in [0.25, 0.3) is 23.6 Å². The Labute approximate surface area is 718 Å². The highest BCUT2D eigenvalue weighted by atomic mass is 16.2. The van der Waals surface area contributed by atoms with Gasteiger partial charge in [-0.25, -0.2) is 29.9 Å². The van der Waals surface area contributed by atoms with E-state index in [9.17, 15) is 38.4 Å². The van der Waals surface area contributed by atoms with E-state index in [0.29, 0.717) is 74.0 Å². The van der Waals surface area contributed by atoms with Gasteiger partial charge in [0.05, 0.1) is 61.4 Å². The molecule has 7 N–H and O–H groups in total. The molecular formula is C84H84N32O8. The molecule has 124 heavy (non-hydrogen) atoms. The van der Waals surface area contributed by atoms with Crippen molar-refractivity contribution in [1.82, 2.24) is 139 Å². The highest BCUT2D eigenvalue weighted by Crippen LogP contribution is 2.40. The van der Waals surface area contributed by atoms with Gasteiger partial charge in [0.2, 0.25) is 23.6 Å². The average molecular weight is 1680 g/mol. The van der Waals surface area contributed by atoms with Crippen molar-refractivity contribution < 1.29 is 50.7 Å². The predicted octanol–water partition coefficient (Wildman–Crippen LogP) is 7.74. The molecular weight excluding hydrogens is 1590 g/mol. The summed E-state index contributed by atoms with van der Waals surface area (Å²) in [4.78, 5) is 128. The summed E-state index contributed by atoms with van der Waals surface area (Å²) < 4.78 is 78.2. The molecule has 12 heterocycles. The summed E-state index contributed by atoms with van der Waals surface area (Å²) in [5, 5.41) is 62.9. The number of nitrogens with one attached hydrogen (secondary N) is 7. The Hall–Kier alpha value is -15.7. The molecule has 0 bridgehead atoms. The normalized spacial score (nSPS) is 15.4. The van der Waals surface area contributed by atoms with Crippen molar-refractivity contribution in [2.45, 2.75) is 77.6 Å². The molecule has 4 aromatic carbocycles. The first kappa shape index (κ1) is 70.2. The van der Waals surface area contributed by atoms with Gasteiger partial charge < -0.3 is 46.7 Å². The quantitative estimate of drug-likeness (QED) is 0.0383. The number of fused-ring (bicyclic) bond motifs is 4. The van der Waals surface area contributed by atoms with Gasteiger partial charge in [0.15, 0.2) is 57.8 Å². The van der Waals surface area contributed by atoms with E-state index < -0.39 is 38.6 Å². The topological polar surface area (TPSA) is 478 Å². The van der Waals surface area contributed by atoms with E-state index >= 15 is 0 Å². The molecule has 11 aromatic heterocycles. The number of amides is 8. The Morgan fingerprint density at radius 2 is 0.831 bits per heavy atom. The van der Waals surface area contributed by atoms with Crippen LogP contribution >= 0.6 is 0 Å². The smallest absolute Gasteiger partial charge is 0.273 e. The number of carbonyl (C=O) groups is 8. The Bertz CT molecular complexity index is 7110. The fourth-order valence-electron chi connectivity index (χ4n) is 14.3. The number of benzene rings is 4. The Morgan fingerprint density at radius 3 is 1.30 bits per heavy atom. The van der Waals surface area contributed by atoms with Crippen molar-refractivity contribution in [2.24, 2.45) is 51.9 Å². The zero-order valence-electron chi connectivity index (χ0n) is 76.2. The number of aryl methyl sites for hydroxylation is 5. The van der Waals surface area contributed by atoms with Crippen LogP contribution in [0, 0.1) is 23.7 Å². The summed E-state index contributed by atoms with van der Waals surface area (Å²) in [6.45, 7) is -4.67. The Morgan fingerprint density at radius 1 is 0.411 bits per heavy atom. The fourth-order valence-corrected chi connectivity index (χ4v) is 14.3. The molecule has 40 heteroatoms. The van der Waals surface area contributed by atoms with Gasteiger partial charge in [0.1, 0.15) is 38.0 Å². The number of rotatable bonds is 20. The first-order valence-corrected chi connectivity index (χ1v) is 39.7. The van der Waals surface area contributed by atoms with Crippen LogP contribution in [0.2, 0.25) is 0 Å². The van der Waals surface area contributed by atoms with Crippen molar-refractivity contribution >= 4 is 115 Å². The molecule has 4 saturated carbocycles. The number of anilines is 4. The lowest BCUT2D eigenvalue weighted by Gasteiger charge is -2.15. The summed E-state index contributed by atoms with van der Waals surface area (Å²) in [6.07, 6.45) is 20.8. The summed E-state index contributed by atoms with van der Waals surface area (Å²) in [6, 6.07) is 28.3. The summed E-state index contributed by atoms with van der Waals surface area (Å²) in [7, 11) is 7.22. The maximum absolute atomic E-state index is 12.8. The van der Waals surface area contributed by atoms with E-state index in [1.165, 1.54) is 24.8 Å². The van der Waals surface area contributed by atoms with Crippen molar-refractivity contribution in [3.05, 3.63) is 170 Å². The maximum Gasteiger partial charge on any atom is 0.273 e. The van der Waals surface area contributed by atoms with Crippen LogP contribution in [0.3, 0.4) is 0 Å². The predicted molar refractivity (Wildman–Crippen MR) is 454 cm³/mol. The third-order valence-corrected chi connectivity index (χ3v) is 21.2. The fraction of sp³-hybridized carbons (Fsp3) is 0.298. The van der Waals surface area contributed by atoms with Gasteiger partial charge in [-0.1, -0.05) is 31.2 Å². The molecule has 5 fully saturated rings. The molecule has 5 aliphatic rings. The van der Waals surface area contributed by atoms with Crippen LogP contribution in [0.15, 0.2) is 141 Å². The third-order valence-electron chi connectivity index (χ3n) is 21.2. The SMILES string of the molecule is CCc1nnc(NC(=O)C2CC2)cc1-n1cnc2c(-c3ncn(C)n3)cccc21.[2H]C([2H])([2H])NC(=O)c1nnc(NC(=O)C2CC2)cc1-c1cn(C)c2c(-c3ncn(C)n3)cccc12.[2H]C([2H])([2H])NC(=O)c1nnc(NC(=O)C2CC2)cc1-n1cnc2c(-c3ncn(C)n3)cccc21.[2H]C([2H])([2H])NC(=O)c1nnc(NC(=O)C2CC2)cc1-n1cnc2cc(C(=O)N3CCCC3)ccc21. The van der Waals surface area contributed by atoms with Crippen LogP contribution in [0.1, 0.15) is 131 Å². The molecule has 15 aromatic rings. The second-order valence-corrected chi connectivity index (χ2v) is 30.2. The molecule has 4 aliphatic carbocycles. The van der Waals surface area contributed by atoms with Gasteiger partial charge in [0, 0.05) is 161 Å². The molecule has 0 radical (unpaired) electrons. The van der Waals surface area contributed by atoms with Crippen molar-refractivity contribution in [3.63, 3.8) is 0 Å². The van der Waals surface area contributed by atoms with Crippen molar-refractivity contribution in [3.8, 4) is 62.4 Å². The zero-order valence-corrected chi connectivity index (χ0v) is 67.2. The van der Waals surface area contributed by atoms with Crippen LogP contribution < -0.4 is 37.2 Å². The Kier molecular flexibility index (Phi) is 19.4. The average Bonchev–Trinajstić information content (AvgIpc) is 1.59. The number of nitrogens with zero attached hydrogens (tertiary/aromatic N) is 25. The number of aromatic nitrogens is 24. The number of carbonyl (C=O) groups excluding carboxylic acids is 8. The first-order valence-electron chi connectivity index (χ1n) is 44.2. The second kappa shape index (κ2) is 34.2. The minimum Gasteiger partial charge on any atom is -0.354 e. The number of para-hydroxylation sites is 3.